The third kappa shape index (κ3) is 3.30. The molecule has 0 N–H and O–H groups in total. The second-order valence-electron chi connectivity index (χ2n) is 5.85. The van der Waals surface area contributed by atoms with Crippen LogP contribution < -0.4 is 0 Å². The molecule has 2 unspecified atom stereocenters. The lowest BCUT2D eigenvalue weighted by Crippen LogP contribution is -2.57. The largest absolute Gasteiger partial charge is 0.298 e. The smallest absolute Gasteiger partial charge is 0.0661 e. The Morgan fingerprint density at radius 1 is 1.37 bits per heavy atom. The van der Waals surface area contributed by atoms with Crippen molar-refractivity contribution in [3.05, 3.63) is 30.1 Å². The molecule has 3 nitrogen and oxygen atoms in total. The summed E-state index contributed by atoms with van der Waals surface area (Å²) in [6, 6.07) is 7.06. The first-order valence-corrected chi connectivity index (χ1v) is 7.52. The van der Waals surface area contributed by atoms with Crippen LogP contribution in [0.3, 0.4) is 0 Å². The van der Waals surface area contributed by atoms with Crippen molar-refractivity contribution in [1.82, 2.24) is 14.8 Å². The summed E-state index contributed by atoms with van der Waals surface area (Å²) in [4.78, 5) is 9.42. The van der Waals surface area contributed by atoms with Crippen LogP contribution in [0, 0.1) is 0 Å². The number of rotatable bonds is 3. The third-order valence-electron chi connectivity index (χ3n) is 4.01. The molecular weight excluding hydrogens is 254 g/mol. The highest BCUT2D eigenvalue weighted by Crippen LogP contribution is 2.34. The second kappa shape index (κ2) is 5.81. The molecule has 1 aliphatic rings. The van der Waals surface area contributed by atoms with E-state index < -0.39 is 0 Å². The number of pyridine rings is 1. The summed E-state index contributed by atoms with van der Waals surface area (Å²) in [6.07, 6.45) is 1.88. The predicted octanol–water partition coefficient (Wildman–Crippen LogP) is 2.81. The van der Waals surface area contributed by atoms with Gasteiger partial charge in [0.15, 0.2) is 0 Å². The number of piperazine rings is 1. The fourth-order valence-electron chi connectivity index (χ4n) is 2.90. The highest BCUT2D eigenvalue weighted by atomic mass is 32.1. The minimum atomic E-state index is -0.129. The molecule has 1 aromatic rings. The van der Waals surface area contributed by atoms with E-state index in [2.05, 4.69) is 54.6 Å². The minimum absolute atomic E-state index is 0.129. The summed E-state index contributed by atoms with van der Waals surface area (Å²) >= 11 is 4.79. The fourth-order valence-corrected chi connectivity index (χ4v) is 3.12. The van der Waals surface area contributed by atoms with E-state index in [0.717, 1.165) is 25.3 Å². The van der Waals surface area contributed by atoms with Crippen LogP contribution in [0.1, 0.15) is 39.4 Å². The van der Waals surface area contributed by atoms with Crippen molar-refractivity contribution in [2.24, 2.45) is 0 Å². The van der Waals surface area contributed by atoms with E-state index in [9.17, 15) is 0 Å². The predicted molar refractivity (Wildman–Crippen MR) is 83.5 cm³/mol. The molecule has 2 rings (SSSR count). The van der Waals surface area contributed by atoms with Crippen molar-refractivity contribution in [1.29, 1.82) is 0 Å². The number of hydrogen-bond donors (Lipinski definition) is 1. The lowest BCUT2D eigenvalue weighted by Gasteiger charge is -2.49. The van der Waals surface area contributed by atoms with E-state index in [0.29, 0.717) is 12.1 Å². The van der Waals surface area contributed by atoms with Gasteiger partial charge in [-0.05, 0) is 39.4 Å². The molecule has 1 aliphatic heterocycles. The molecular formula is C15H25N3S. The van der Waals surface area contributed by atoms with Gasteiger partial charge in [0.2, 0.25) is 0 Å². The average Bonchev–Trinajstić information content (AvgIpc) is 2.38. The summed E-state index contributed by atoms with van der Waals surface area (Å²) in [5.74, 6) is 0. The number of likely N-dealkylation sites (N-methyl/N-ethyl adjacent to an activating group) is 1. The summed E-state index contributed by atoms with van der Waals surface area (Å²) in [7, 11) is 0. The van der Waals surface area contributed by atoms with Gasteiger partial charge in [-0.1, -0.05) is 13.0 Å². The standard InChI is InChI=1S/C15H25N3S/c1-5-17-11-14(13-8-6-7-9-16-13)18(10-12(17)2)15(3,4)19/h6-9,12,14,19H,5,10-11H2,1-4H3. The van der Waals surface area contributed by atoms with E-state index in [1.807, 2.05) is 12.3 Å². The van der Waals surface area contributed by atoms with Crippen LogP contribution in [0.4, 0.5) is 0 Å². The van der Waals surface area contributed by atoms with Crippen molar-refractivity contribution in [3.63, 3.8) is 0 Å². The zero-order chi connectivity index (χ0) is 14.0. The van der Waals surface area contributed by atoms with Gasteiger partial charge in [0.1, 0.15) is 0 Å². The van der Waals surface area contributed by atoms with Gasteiger partial charge in [-0.3, -0.25) is 14.8 Å². The first-order valence-electron chi connectivity index (χ1n) is 7.07. The summed E-state index contributed by atoms with van der Waals surface area (Å²) in [6.45, 7) is 12.0. The van der Waals surface area contributed by atoms with Crippen molar-refractivity contribution in [2.75, 3.05) is 19.6 Å². The molecule has 0 saturated carbocycles. The van der Waals surface area contributed by atoms with Crippen molar-refractivity contribution < 1.29 is 0 Å². The minimum Gasteiger partial charge on any atom is -0.298 e. The van der Waals surface area contributed by atoms with E-state index in [1.165, 1.54) is 0 Å². The molecule has 0 radical (unpaired) electrons. The molecule has 1 fully saturated rings. The van der Waals surface area contributed by atoms with Crippen LogP contribution in [0.5, 0.6) is 0 Å². The normalized spacial score (nSPS) is 26.6. The second-order valence-corrected chi connectivity index (χ2v) is 6.95. The average molecular weight is 279 g/mol. The van der Waals surface area contributed by atoms with Crippen molar-refractivity contribution in [2.45, 2.75) is 44.6 Å². The molecule has 0 spiro atoms. The number of nitrogens with zero attached hydrogens (tertiary/aromatic N) is 3. The van der Waals surface area contributed by atoms with Gasteiger partial charge in [0, 0.05) is 25.3 Å². The SMILES string of the molecule is CCN1CC(c2ccccn2)N(C(C)(C)S)CC1C. The highest BCUT2D eigenvalue weighted by Gasteiger charge is 2.38. The Kier molecular flexibility index (Phi) is 4.54. The van der Waals surface area contributed by atoms with E-state index >= 15 is 0 Å². The topological polar surface area (TPSA) is 19.4 Å². The maximum atomic E-state index is 4.79. The van der Waals surface area contributed by atoms with Crippen molar-refractivity contribution in [3.8, 4) is 0 Å². The molecule has 1 saturated heterocycles. The Morgan fingerprint density at radius 2 is 2.11 bits per heavy atom. The van der Waals surface area contributed by atoms with Gasteiger partial charge < -0.3 is 0 Å². The van der Waals surface area contributed by atoms with Gasteiger partial charge in [0.05, 0.1) is 16.6 Å². The van der Waals surface area contributed by atoms with Crippen molar-refractivity contribution >= 4 is 12.6 Å². The van der Waals surface area contributed by atoms with Crippen LogP contribution in [-0.2, 0) is 0 Å². The van der Waals surface area contributed by atoms with E-state index in [1.54, 1.807) is 0 Å². The summed E-state index contributed by atoms with van der Waals surface area (Å²) in [5.41, 5.74) is 1.15. The molecule has 1 aromatic heterocycles. The monoisotopic (exact) mass is 279 g/mol. The number of thiol groups is 1. The molecule has 0 bridgehead atoms. The van der Waals surface area contributed by atoms with Gasteiger partial charge in [-0.15, -0.1) is 0 Å². The van der Waals surface area contributed by atoms with Crippen LogP contribution in [0.2, 0.25) is 0 Å². The molecule has 2 atom stereocenters. The first-order chi connectivity index (χ1) is 8.93. The highest BCUT2D eigenvalue weighted by molar-refractivity contribution is 7.81. The Bertz CT molecular complexity index is 402. The first kappa shape index (κ1) is 14.8. The lowest BCUT2D eigenvalue weighted by molar-refractivity contribution is 0.00653. The molecule has 0 aromatic carbocycles. The van der Waals surface area contributed by atoms with Crippen LogP contribution >= 0.6 is 12.6 Å². The van der Waals surface area contributed by atoms with E-state index in [4.69, 9.17) is 12.6 Å². The van der Waals surface area contributed by atoms with Gasteiger partial charge >= 0.3 is 0 Å². The maximum Gasteiger partial charge on any atom is 0.0661 e. The van der Waals surface area contributed by atoms with Gasteiger partial charge in [-0.2, -0.15) is 12.6 Å². The molecule has 0 aliphatic carbocycles. The summed E-state index contributed by atoms with van der Waals surface area (Å²) < 4.78 is 0. The molecule has 19 heavy (non-hydrogen) atoms. The van der Waals surface area contributed by atoms with Crippen LogP contribution in [-0.4, -0.2) is 45.3 Å². The quantitative estimate of drug-likeness (QED) is 0.859. The third-order valence-corrected chi connectivity index (χ3v) is 4.26. The number of hydrogen-bond acceptors (Lipinski definition) is 4. The number of aromatic nitrogens is 1. The summed E-state index contributed by atoms with van der Waals surface area (Å²) in [5, 5.41) is 0. The van der Waals surface area contributed by atoms with Crippen LogP contribution in [0.25, 0.3) is 0 Å². The van der Waals surface area contributed by atoms with Gasteiger partial charge in [-0.25, -0.2) is 0 Å². The molecule has 106 valence electrons. The van der Waals surface area contributed by atoms with E-state index in [-0.39, 0.29) is 4.87 Å². The molecule has 0 amide bonds. The Hall–Kier alpha value is -0.580. The molecule has 2 heterocycles. The Labute approximate surface area is 122 Å². The fraction of sp³-hybridized carbons (Fsp3) is 0.667. The van der Waals surface area contributed by atoms with Gasteiger partial charge in [0.25, 0.3) is 0 Å². The maximum absolute atomic E-state index is 4.79. The lowest BCUT2D eigenvalue weighted by atomic mass is 10.0. The van der Waals surface area contributed by atoms with Crippen LogP contribution in [0.15, 0.2) is 24.4 Å². The zero-order valence-corrected chi connectivity index (χ0v) is 13.3. The zero-order valence-electron chi connectivity index (χ0n) is 12.4. The molecule has 4 heteroatoms. The Morgan fingerprint density at radius 3 is 2.63 bits per heavy atom. The Balaban J connectivity index is 2.30.